The van der Waals surface area contributed by atoms with Gasteiger partial charge < -0.3 is 4.74 Å². The molecule has 0 aromatic carbocycles. The summed E-state index contributed by atoms with van der Waals surface area (Å²) in [6.45, 7) is 3.11. The highest BCUT2D eigenvalue weighted by molar-refractivity contribution is 4.53. The standard InChI is InChI=1S/C6H13NO2/c1-6(5-7-8)3-4-9-2/h6H,3-5H2,1-2H3. The molecule has 0 spiro atoms. The van der Waals surface area contributed by atoms with Crippen molar-refractivity contribution >= 4 is 0 Å². The predicted octanol–water partition coefficient (Wildman–Crippen LogP) is 1.43. The first-order chi connectivity index (χ1) is 4.31. The Kier molecular flexibility index (Phi) is 5.41. The highest BCUT2D eigenvalue weighted by Crippen LogP contribution is 2.00. The number of nitrogens with zero attached hydrogens (tertiary/aromatic N) is 1. The van der Waals surface area contributed by atoms with Gasteiger partial charge in [-0.1, -0.05) is 12.1 Å². The normalized spacial score (nSPS) is 13.1. The van der Waals surface area contributed by atoms with Gasteiger partial charge in [-0.3, -0.25) is 0 Å². The molecule has 0 aliphatic rings. The molecule has 0 saturated heterocycles. The van der Waals surface area contributed by atoms with E-state index in [1.807, 2.05) is 6.92 Å². The summed E-state index contributed by atoms with van der Waals surface area (Å²) in [5, 5.41) is 2.78. The monoisotopic (exact) mass is 131 g/mol. The number of methoxy groups -OCH3 is 1. The van der Waals surface area contributed by atoms with E-state index in [-0.39, 0.29) is 0 Å². The molecular weight excluding hydrogens is 118 g/mol. The summed E-state index contributed by atoms with van der Waals surface area (Å²) in [6.07, 6.45) is 0.919. The Morgan fingerprint density at radius 3 is 2.78 bits per heavy atom. The van der Waals surface area contributed by atoms with Crippen LogP contribution < -0.4 is 0 Å². The van der Waals surface area contributed by atoms with E-state index in [0.29, 0.717) is 12.5 Å². The fourth-order valence-electron chi connectivity index (χ4n) is 0.538. The minimum atomic E-state index is 0.363. The van der Waals surface area contributed by atoms with E-state index in [1.54, 1.807) is 7.11 Å². The topological polar surface area (TPSA) is 38.7 Å². The van der Waals surface area contributed by atoms with Gasteiger partial charge in [-0.05, 0) is 12.3 Å². The summed E-state index contributed by atoms with van der Waals surface area (Å²) >= 11 is 0. The largest absolute Gasteiger partial charge is 0.385 e. The van der Waals surface area contributed by atoms with Crippen LogP contribution in [0.25, 0.3) is 0 Å². The molecule has 3 nitrogen and oxygen atoms in total. The van der Waals surface area contributed by atoms with E-state index in [9.17, 15) is 4.91 Å². The van der Waals surface area contributed by atoms with Crippen LogP contribution in [0.4, 0.5) is 0 Å². The maximum absolute atomic E-state index is 9.69. The molecule has 0 rings (SSSR count). The fraction of sp³-hybridized carbons (Fsp3) is 1.00. The quantitative estimate of drug-likeness (QED) is 0.529. The van der Waals surface area contributed by atoms with Gasteiger partial charge in [-0.2, -0.15) is 4.91 Å². The fourth-order valence-corrected chi connectivity index (χ4v) is 0.538. The third kappa shape index (κ3) is 5.43. The number of hydrogen-bond donors (Lipinski definition) is 0. The third-order valence-corrected chi connectivity index (χ3v) is 1.20. The summed E-state index contributed by atoms with van der Waals surface area (Å²) in [5.74, 6) is 0.363. The molecule has 0 amide bonds. The van der Waals surface area contributed by atoms with Crippen LogP contribution in [-0.2, 0) is 4.74 Å². The molecule has 0 radical (unpaired) electrons. The van der Waals surface area contributed by atoms with Crippen LogP contribution in [0.3, 0.4) is 0 Å². The Labute approximate surface area is 55.4 Å². The first-order valence-electron chi connectivity index (χ1n) is 3.09. The van der Waals surface area contributed by atoms with Gasteiger partial charge in [0.05, 0.1) is 6.54 Å². The second-order valence-electron chi connectivity index (χ2n) is 2.20. The van der Waals surface area contributed by atoms with Crippen molar-refractivity contribution in [2.24, 2.45) is 11.1 Å². The Balaban J connectivity index is 3.04. The summed E-state index contributed by atoms with van der Waals surface area (Å²) in [7, 11) is 1.65. The van der Waals surface area contributed by atoms with Gasteiger partial charge in [-0.15, -0.1) is 0 Å². The summed E-state index contributed by atoms with van der Waals surface area (Å²) in [6, 6.07) is 0. The Morgan fingerprint density at radius 2 is 2.33 bits per heavy atom. The average molecular weight is 131 g/mol. The van der Waals surface area contributed by atoms with Crippen molar-refractivity contribution in [2.75, 3.05) is 20.3 Å². The molecular formula is C6H13NO2. The van der Waals surface area contributed by atoms with Crippen molar-refractivity contribution in [2.45, 2.75) is 13.3 Å². The Hall–Kier alpha value is -0.440. The van der Waals surface area contributed by atoms with Gasteiger partial charge in [0.25, 0.3) is 0 Å². The Morgan fingerprint density at radius 1 is 1.67 bits per heavy atom. The minimum Gasteiger partial charge on any atom is -0.385 e. The third-order valence-electron chi connectivity index (χ3n) is 1.20. The molecule has 0 aromatic rings. The number of rotatable bonds is 5. The molecule has 0 aromatic heterocycles. The maximum Gasteiger partial charge on any atom is 0.0837 e. The predicted molar refractivity (Wildman–Crippen MR) is 36.3 cm³/mol. The van der Waals surface area contributed by atoms with E-state index in [4.69, 9.17) is 4.74 Å². The van der Waals surface area contributed by atoms with Crippen LogP contribution in [-0.4, -0.2) is 20.3 Å². The van der Waals surface area contributed by atoms with E-state index >= 15 is 0 Å². The van der Waals surface area contributed by atoms with Crippen LogP contribution in [0.2, 0.25) is 0 Å². The van der Waals surface area contributed by atoms with Crippen molar-refractivity contribution < 1.29 is 4.74 Å². The highest BCUT2D eigenvalue weighted by atomic mass is 16.5. The molecule has 0 bridgehead atoms. The van der Waals surface area contributed by atoms with Crippen LogP contribution in [0.5, 0.6) is 0 Å². The minimum absolute atomic E-state index is 0.363. The second kappa shape index (κ2) is 5.69. The lowest BCUT2D eigenvalue weighted by Gasteiger charge is -2.03. The number of ether oxygens (including phenoxy) is 1. The second-order valence-corrected chi connectivity index (χ2v) is 2.20. The van der Waals surface area contributed by atoms with Crippen LogP contribution in [0.15, 0.2) is 5.18 Å². The lowest BCUT2D eigenvalue weighted by Crippen LogP contribution is -2.02. The SMILES string of the molecule is COCCC(C)CN=O. The van der Waals surface area contributed by atoms with E-state index < -0.39 is 0 Å². The molecule has 0 saturated carbocycles. The molecule has 1 atom stereocenters. The van der Waals surface area contributed by atoms with Gasteiger partial charge in [0.1, 0.15) is 0 Å². The summed E-state index contributed by atoms with van der Waals surface area (Å²) in [5.41, 5.74) is 0. The van der Waals surface area contributed by atoms with Gasteiger partial charge in [0.15, 0.2) is 0 Å². The average Bonchev–Trinajstić information content (AvgIpc) is 1.85. The molecule has 0 fully saturated rings. The number of nitroso groups, excluding NO2 is 1. The molecule has 1 unspecified atom stereocenters. The molecule has 0 aliphatic heterocycles. The first kappa shape index (κ1) is 8.56. The molecule has 0 N–H and O–H groups in total. The van der Waals surface area contributed by atoms with Crippen LogP contribution >= 0.6 is 0 Å². The Bertz CT molecular complexity index is 75.5. The van der Waals surface area contributed by atoms with Crippen LogP contribution in [0, 0.1) is 10.8 Å². The summed E-state index contributed by atoms with van der Waals surface area (Å²) < 4.78 is 4.82. The van der Waals surface area contributed by atoms with Gasteiger partial charge in [-0.25, -0.2) is 0 Å². The molecule has 9 heavy (non-hydrogen) atoms. The van der Waals surface area contributed by atoms with Gasteiger partial charge in [0, 0.05) is 13.7 Å². The van der Waals surface area contributed by atoms with Crippen molar-refractivity contribution in [1.29, 1.82) is 0 Å². The first-order valence-corrected chi connectivity index (χ1v) is 3.09. The zero-order valence-corrected chi connectivity index (χ0v) is 5.96. The summed E-state index contributed by atoms with van der Waals surface area (Å²) in [4.78, 5) is 9.69. The lowest BCUT2D eigenvalue weighted by atomic mass is 10.1. The van der Waals surface area contributed by atoms with Gasteiger partial charge >= 0.3 is 0 Å². The van der Waals surface area contributed by atoms with E-state index in [2.05, 4.69) is 5.18 Å². The molecule has 0 aliphatic carbocycles. The lowest BCUT2D eigenvalue weighted by molar-refractivity contribution is 0.181. The molecule has 0 heterocycles. The zero-order valence-electron chi connectivity index (χ0n) is 5.96. The molecule has 3 heteroatoms. The molecule has 54 valence electrons. The van der Waals surface area contributed by atoms with Crippen molar-refractivity contribution in [3.05, 3.63) is 4.91 Å². The van der Waals surface area contributed by atoms with Crippen LogP contribution in [0.1, 0.15) is 13.3 Å². The number of hydrogen-bond acceptors (Lipinski definition) is 3. The van der Waals surface area contributed by atoms with E-state index in [1.165, 1.54) is 0 Å². The van der Waals surface area contributed by atoms with Crippen molar-refractivity contribution in [3.8, 4) is 0 Å². The van der Waals surface area contributed by atoms with Crippen molar-refractivity contribution in [1.82, 2.24) is 0 Å². The van der Waals surface area contributed by atoms with Gasteiger partial charge in [0.2, 0.25) is 0 Å². The highest BCUT2D eigenvalue weighted by Gasteiger charge is 1.99. The van der Waals surface area contributed by atoms with E-state index in [0.717, 1.165) is 13.0 Å². The maximum atomic E-state index is 9.69. The zero-order chi connectivity index (χ0) is 7.11. The smallest absolute Gasteiger partial charge is 0.0837 e. The van der Waals surface area contributed by atoms with Crippen molar-refractivity contribution in [3.63, 3.8) is 0 Å².